The summed E-state index contributed by atoms with van der Waals surface area (Å²) in [6.45, 7) is 12.2. The van der Waals surface area contributed by atoms with Crippen LogP contribution in [-0.4, -0.2) is 87.6 Å². The maximum atomic E-state index is 13.9. The van der Waals surface area contributed by atoms with Gasteiger partial charge in [0, 0.05) is 44.8 Å². The molecule has 1 aliphatic rings. The third-order valence-electron chi connectivity index (χ3n) is 7.36. The Labute approximate surface area is 266 Å². The zero-order chi connectivity index (χ0) is 30.0. The molecule has 1 aliphatic heterocycles. The number of halogens is 1. The normalized spacial score (nSPS) is 14.1. The Morgan fingerprint density at radius 3 is 2.28 bits per heavy atom. The van der Waals surface area contributed by atoms with Crippen LogP contribution in [0.25, 0.3) is 10.2 Å². The van der Waals surface area contributed by atoms with Crippen molar-refractivity contribution in [3.8, 4) is 5.75 Å². The average Bonchev–Trinajstić information content (AvgIpc) is 3.43. The average molecular weight is 653 g/mol. The Balaban J connectivity index is 0.00000506. The molecule has 12 heteroatoms. The van der Waals surface area contributed by atoms with E-state index >= 15 is 0 Å². The fourth-order valence-electron chi connectivity index (χ4n) is 4.92. The number of sulfonamides is 1. The van der Waals surface area contributed by atoms with Crippen molar-refractivity contribution < 1.29 is 22.7 Å². The third kappa shape index (κ3) is 9.36. The highest BCUT2D eigenvalue weighted by atomic mass is 35.5. The summed E-state index contributed by atoms with van der Waals surface area (Å²) in [4.78, 5) is 23.0. The molecule has 0 bridgehead atoms. The molecule has 0 radical (unpaired) electrons. The molecule has 1 aromatic heterocycles. The van der Waals surface area contributed by atoms with Crippen molar-refractivity contribution in [1.82, 2.24) is 14.2 Å². The molecule has 43 heavy (non-hydrogen) atoms. The number of ether oxygens (including phenoxy) is 2. The van der Waals surface area contributed by atoms with Crippen molar-refractivity contribution in [2.75, 3.05) is 64.0 Å². The highest BCUT2D eigenvalue weighted by Gasteiger charge is 2.26. The summed E-state index contributed by atoms with van der Waals surface area (Å²) in [6.07, 6.45) is 4.25. The Morgan fingerprint density at radius 2 is 1.65 bits per heavy atom. The van der Waals surface area contributed by atoms with Crippen LogP contribution < -0.4 is 9.64 Å². The van der Waals surface area contributed by atoms with Crippen LogP contribution in [0, 0.1) is 0 Å². The van der Waals surface area contributed by atoms with Gasteiger partial charge in [0.05, 0.1) is 34.9 Å². The largest absolute Gasteiger partial charge is 0.494 e. The number of aromatic nitrogens is 1. The molecule has 1 amide bonds. The van der Waals surface area contributed by atoms with E-state index in [1.54, 1.807) is 33.5 Å². The van der Waals surface area contributed by atoms with Gasteiger partial charge >= 0.3 is 0 Å². The number of hydrogen-bond acceptors (Lipinski definition) is 8. The number of rotatable bonds is 16. The maximum absolute atomic E-state index is 13.9. The molecule has 0 atom stereocenters. The van der Waals surface area contributed by atoms with E-state index in [-0.39, 0.29) is 23.2 Å². The second-order valence-electron chi connectivity index (χ2n) is 10.5. The minimum atomic E-state index is -3.64. The third-order valence-corrected chi connectivity index (χ3v) is 10.3. The van der Waals surface area contributed by atoms with Crippen LogP contribution in [0.3, 0.4) is 0 Å². The lowest BCUT2D eigenvalue weighted by molar-refractivity contribution is 0.0376. The molecule has 0 spiro atoms. The SMILES string of the molecule is CCCCN(CCCC)S(=O)(=O)c1ccc(C(=O)N(CCCN2CCOCC2)c2nc3ccc(OCC)cc3s2)cc1.Cl. The first-order valence-electron chi connectivity index (χ1n) is 15.1. The Kier molecular flexibility index (Phi) is 14.1. The highest BCUT2D eigenvalue weighted by molar-refractivity contribution is 7.89. The molecule has 3 aromatic rings. The first kappa shape index (κ1) is 35.2. The fourth-order valence-corrected chi connectivity index (χ4v) is 7.46. The number of carbonyl (C=O) groups excluding carboxylic acids is 1. The predicted molar refractivity (Wildman–Crippen MR) is 177 cm³/mol. The number of amides is 1. The minimum absolute atomic E-state index is 0. The van der Waals surface area contributed by atoms with Crippen LogP contribution in [0.15, 0.2) is 47.4 Å². The summed E-state index contributed by atoms with van der Waals surface area (Å²) in [7, 11) is -3.64. The summed E-state index contributed by atoms with van der Waals surface area (Å²) in [5.41, 5.74) is 1.24. The van der Waals surface area contributed by atoms with Gasteiger partial charge in [0.1, 0.15) is 5.75 Å². The zero-order valence-corrected chi connectivity index (χ0v) is 27.9. The quantitative estimate of drug-likeness (QED) is 0.185. The minimum Gasteiger partial charge on any atom is -0.494 e. The van der Waals surface area contributed by atoms with E-state index in [0.717, 1.165) is 80.9 Å². The van der Waals surface area contributed by atoms with Crippen LogP contribution >= 0.6 is 23.7 Å². The van der Waals surface area contributed by atoms with E-state index in [1.807, 2.05) is 25.1 Å². The number of hydrogen-bond donors (Lipinski definition) is 0. The van der Waals surface area contributed by atoms with Crippen molar-refractivity contribution in [3.05, 3.63) is 48.0 Å². The van der Waals surface area contributed by atoms with E-state index in [1.165, 1.54) is 11.3 Å². The molecule has 1 fully saturated rings. The van der Waals surface area contributed by atoms with Gasteiger partial charge < -0.3 is 9.47 Å². The maximum Gasteiger partial charge on any atom is 0.260 e. The molecule has 0 aliphatic carbocycles. The van der Waals surface area contributed by atoms with Gasteiger partial charge in [-0.25, -0.2) is 13.4 Å². The van der Waals surface area contributed by atoms with Crippen molar-refractivity contribution in [1.29, 1.82) is 0 Å². The van der Waals surface area contributed by atoms with Gasteiger partial charge in [0.15, 0.2) is 5.13 Å². The second kappa shape index (κ2) is 17.3. The molecule has 4 rings (SSSR count). The summed E-state index contributed by atoms with van der Waals surface area (Å²) in [5, 5.41) is 0.618. The van der Waals surface area contributed by atoms with Crippen LogP contribution in [0.2, 0.25) is 0 Å². The fraction of sp³-hybridized carbons (Fsp3) is 0.548. The molecular formula is C31H45ClN4O5S2. The van der Waals surface area contributed by atoms with Gasteiger partial charge in [-0.2, -0.15) is 4.31 Å². The molecule has 0 saturated carbocycles. The van der Waals surface area contributed by atoms with E-state index in [9.17, 15) is 13.2 Å². The number of benzene rings is 2. The number of unbranched alkanes of at least 4 members (excludes halogenated alkanes) is 2. The number of thiazole rings is 1. The van der Waals surface area contributed by atoms with Crippen LogP contribution in [0.4, 0.5) is 5.13 Å². The van der Waals surface area contributed by atoms with Crippen molar-refractivity contribution in [3.63, 3.8) is 0 Å². The number of nitrogens with zero attached hydrogens (tertiary/aromatic N) is 4. The molecule has 2 heterocycles. The smallest absolute Gasteiger partial charge is 0.260 e. The second-order valence-corrected chi connectivity index (χ2v) is 13.4. The van der Waals surface area contributed by atoms with Gasteiger partial charge in [-0.1, -0.05) is 38.0 Å². The molecular weight excluding hydrogens is 608 g/mol. The Hall–Kier alpha value is -2.28. The number of carbonyl (C=O) groups is 1. The Morgan fingerprint density at radius 1 is 0.977 bits per heavy atom. The number of fused-ring (bicyclic) bond motifs is 1. The van der Waals surface area contributed by atoms with Gasteiger partial charge in [-0.15, -0.1) is 12.4 Å². The van der Waals surface area contributed by atoms with E-state index in [0.29, 0.717) is 36.9 Å². The van der Waals surface area contributed by atoms with E-state index in [4.69, 9.17) is 14.5 Å². The lowest BCUT2D eigenvalue weighted by atomic mass is 10.2. The molecule has 9 nitrogen and oxygen atoms in total. The van der Waals surface area contributed by atoms with Gasteiger partial charge in [-0.05, 0) is 68.7 Å². The Bertz CT molecular complexity index is 1390. The number of anilines is 1. The summed E-state index contributed by atoms with van der Waals surface area (Å²) >= 11 is 1.46. The van der Waals surface area contributed by atoms with Crippen molar-refractivity contribution in [2.24, 2.45) is 0 Å². The van der Waals surface area contributed by atoms with Crippen LogP contribution in [-0.2, 0) is 14.8 Å². The van der Waals surface area contributed by atoms with Crippen LogP contribution in [0.5, 0.6) is 5.75 Å². The lowest BCUT2D eigenvalue weighted by Crippen LogP contribution is -2.39. The molecule has 238 valence electrons. The number of morpholine rings is 1. The summed E-state index contributed by atoms with van der Waals surface area (Å²) in [5.74, 6) is 0.577. The van der Waals surface area contributed by atoms with Crippen molar-refractivity contribution in [2.45, 2.75) is 57.8 Å². The van der Waals surface area contributed by atoms with Crippen molar-refractivity contribution >= 4 is 55.0 Å². The van der Waals surface area contributed by atoms with Gasteiger partial charge in [-0.3, -0.25) is 14.6 Å². The molecule has 0 N–H and O–H groups in total. The molecule has 2 aromatic carbocycles. The van der Waals surface area contributed by atoms with Gasteiger partial charge in [0.2, 0.25) is 10.0 Å². The highest BCUT2D eigenvalue weighted by Crippen LogP contribution is 2.32. The molecule has 1 saturated heterocycles. The van der Waals surface area contributed by atoms with Gasteiger partial charge in [0.25, 0.3) is 5.91 Å². The topological polar surface area (TPSA) is 92.3 Å². The first-order chi connectivity index (χ1) is 20.4. The predicted octanol–water partition coefficient (Wildman–Crippen LogP) is 6.08. The summed E-state index contributed by atoms with van der Waals surface area (Å²) < 4.78 is 40.5. The van der Waals surface area contributed by atoms with Crippen LogP contribution in [0.1, 0.15) is 63.2 Å². The molecule has 0 unspecified atom stereocenters. The summed E-state index contributed by atoms with van der Waals surface area (Å²) in [6, 6.07) is 12.1. The first-order valence-corrected chi connectivity index (χ1v) is 17.4. The lowest BCUT2D eigenvalue weighted by Gasteiger charge is -2.27. The van der Waals surface area contributed by atoms with E-state index in [2.05, 4.69) is 18.7 Å². The standard InChI is InChI=1S/C31H44N4O5S2.ClH/c1-4-7-17-34(18-8-5-2)42(37,38)27-13-10-25(11-14-27)30(36)35(19-9-16-33-20-22-39-23-21-33)31-32-28-15-12-26(40-6-3)24-29(28)41-31;/h10-15,24H,4-9,16-23H2,1-3H3;1H. The monoisotopic (exact) mass is 652 g/mol. The van der Waals surface area contributed by atoms with E-state index < -0.39 is 10.0 Å². The zero-order valence-electron chi connectivity index (χ0n) is 25.5.